The van der Waals surface area contributed by atoms with Crippen molar-refractivity contribution in [2.24, 2.45) is 11.7 Å². The number of nitrogens with two attached hydrogens (primary N) is 1. The van der Waals surface area contributed by atoms with Crippen LogP contribution in [-0.2, 0) is 11.2 Å². The fraction of sp³-hybridized carbons (Fsp3) is 0.467. The number of carbonyl (C=O) groups is 2. The maximum Gasteiger partial charge on any atom is 0.305 e. The number of benzene rings is 1. The molecule has 0 saturated heterocycles. The Bertz CT molecular complexity index is 414. The van der Waals surface area contributed by atoms with Crippen LogP contribution in [0.25, 0.3) is 0 Å². The molecule has 0 bridgehead atoms. The van der Waals surface area contributed by atoms with Crippen molar-refractivity contribution in [2.45, 2.75) is 26.7 Å². The zero-order valence-electron chi connectivity index (χ0n) is 12.3. The van der Waals surface area contributed by atoms with Gasteiger partial charge >= 0.3 is 5.97 Å². The Morgan fingerprint density at radius 2 is 1.75 bits per heavy atom. The maximum absolute atomic E-state index is 11.2. The summed E-state index contributed by atoms with van der Waals surface area (Å²) in [6, 6.07) is 7.62. The predicted molar refractivity (Wildman–Crippen MR) is 79.7 cm³/mol. The summed E-state index contributed by atoms with van der Waals surface area (Å²) in [5, 5.41) is 10.6. The van der Waals surface area contributed by atoms with Crippen molar-refractivity contribution >= 4 is 11.9 Å². The lowest BCUT2D eigenvalue weighted by Gasteiger charge is -2.02. The van der Waals surface area contributed by atoms with E-state index in [-0.39, 0.29) is 11.8 Å². The Balaban J connectivity index is 0.000000511. The molecule has 5 heteroatoms. The number of carboxylic acid groups (broad SMARTS) is 1. The van der Waals surface area contributed by atoms with E-state index in [2.05, 4.69) is 5.32 Å². The van der Waals surface area contributed by atoms with E-state index in [0.717, 1.165) is 12.8 Å². The zero-order chi connectivity index (χ0) is 15.5. The van der Waals surface area contributed by atoms with E-state index in [1.165, 1.54) is 5.56 Å². The van der Waals surface area contributed by atoms with Crippen molar-refractivity contribution in [1.82, 2.24) is 5.32 Å². The first-order chi connectivity index (χ1) is 9.42. The van der Waals surface area contributed by atoms with Crippen LogP contribution in [0.1, 0.15) is 36.2 Å². The first kappa shape index (κ1) is 18.1. The standard InChI is InChI=1S/C11H16N2O.C4H8O2/c1-13-11(14)10-6-4-9(5-7-10)3-2-8-12;1-3(2)4(5)6/h4-7H,2-3,8,12H2,1H3,(H,13,14);3H,1-2H3,(H,5,6). The second kappa shape index (κ2) is 9.97. The summed E-state index contributed by atoms with van der Waals surface area (Å²) in [5.74, 6) is -1.02. The fourth-order valence-electron chi connectivity index (χ4n) is 1.27. The quantitative estimate of drug-likeness (QED) is 0.765. The number of amides is 1. The highest BCUT2D eigenvalue weighted by molar-refractivity contribution is 5.93. The lowest BCUT2D eigenvalue weighted by molar-refractivity contribution is -0.140. The molecule has 1 aromatic carbocycles. The van der Waals surface area contributed by atoms with Gasteiger partial charge in [0.25, 0.3) is 5.91 Å². The van der Waals surface area contributed by atoms with E-state index in [1.54, 1.807) is 20.9 Å². The molecule has 1 rings (SSSR count). The lowest BCUT2D eigenvalue weighted by Crippen LogP contribution is -2.17. The highest BCUT2D eigenvalue weighted by Gasteiger charge is 2.01. The minimum absolute atomic E-state index is 0.0459. The Kier molecular flexibility index (Phi) is 9.04. The minimum atomic E-state index is -0.741. The molecule has 0 aromatic heterocycles. The molecule has 4 N–H and O–H groups in total. The van der Waals surface area contributed by atoms with Crippen LogP contribution in [0.15, 0.2) is 24.3 Å². The average Bonchev–Trinajstić information content (AvgIpc) is 2.45. The summed E-state index contributed by atoms with van der Waals surface area (Å²) in [7, 11) is 1.63. The van der Waals surface area contributed by atoms with Crippen LogP contribution < -0.4 is 11.1 Å². The second-order valence-corrected chi connectivity index (χ2v) is 4.66. The van der Waals surface area contributed by atoms with Crippen molar-refractivity contribution in [3.63, 3.8) is 0 Å². The molecule has 0 aliphatic heterocycles. The molecule has 0 aliphatic rings. The SMILES string of the molecule is CC(C)C(=O)O.CNC(=O)c1ccc(CCCN)cc1. The topological polar surface area (TPSA) is 92.4 Å². The van der Waals surface area contributed by atoms with Crippen molar-refractivity contribution < 1.29 is 14.7 Å². The molecule has 0 radical (unpaired) electrons. The van der Waals surface area contributed by atoms with E-state index in [0.29, 0.717) is 12.1 Å². The number of aliphatic carboxylic acids is 1. The van der Waals surface area contributed by atoms with Crippen molar-refractivity contribution in [3.8, 4) is 0 Å². The maximum atomic E-state index is 11.2. The van der Waals surface area contributed by atoms with Crippen LogP contribution in [0.3, 0.4) is 0 Å². The molecule has 5 nitrogen and oxygen atoms in total. The molecule has 0 aliphatic carbocycles. The van der Waals surface area contributed by atoms with Crippen LogP contribution in [0.5, 0.6) is 0 Å². The van der Waals surface area contributed by atoms with Gasteiger partial charge in [-0.2, -0.15) is 0 Å². The zero-order valence-corrected chi connectivity index (χ0v) is 12.3. The predicted octanol–water partition coefficient (Wildman–Crippen LogP) is 1.66. The van der Waals surface area contributed by atoms with Gasteiger partial charge in [0, 0.05) is 12.6 Å². The summed E-state index contributed by atoms with van der Waals surface area (Å²) in [6.07, 6.45) is 1.96. The van der Waals surface area contributed by atoms with Crippen LogP contribution >= 0.6 is 0 Å². The molecule has 1 aromatic rings. The lowest BCUT2D eigenvalue weighted by atomic mass is 10.1. The Labute approximate surface area is 120 Å². The molecule has 1 amide bonds. The Morgan fingerprint density at radius 3 is 2.10 bits per heavy atom. The third kappa shape index (κ3) is 7.53. The summed E-state index contributed by atoms with van der Waals surface area (Å²) in [6.45, 7) is 3.99. The van der Waals surface area contributed by atoms with Crippen LogP contribution in [0.4, 0.5) is 0 Å². The first-order valence-electron chi connectivity index (χ1n) is 6.66. The summed E-state index contributed by atoms with van der Waals surface area (Å²) < 4.78 is 0. The highest BCUT2D eigenvalue weighted by Crippen LogP contribution is 2.06. The number of carbonyl (C=O) groups excluding carboxylic acids is 1. The summed E-state index contributed by atoms with van der Waals surface area (Å²) in [5.41, 5.74) is 7.34. The monoisotopic (exact) mass is 280 g/mol. The summed E-state index contributed by atoms with van der Waals surface area (Å²) >= 11 is 0. The van der Waals surface area contributed by atoms with Crippen LogP contribution in [-0.4, -0.2) is 30.6 Å². The smallest absolute Gasteiger partial charge is 0.305 e. The van der Waals surface area contributed by atoms with Gasteiger partial charge in [-0.25, -0.2) is 0 Å². The number of nitrogens with one attached hydrogen (secondary N) is 1. The highest BCUT2D eigenvalue weighted by atomic mass is 16.4. The number of rotatable bonds is 5. The van der Waals surface area contributed by atoms with Crippen molar-refractivity contribution in [3.05, 3.63) is 35.4 Å². The fourth-order valence-corrected chi connectivity index (χ4v) is 1.27. The van der Waals surface area contributed by atoms with Gasteiger partial charge in [-0.3, -0.25) is 9.59 Å². The largest absolute Gasteiger partial charge is 0.481 e. The molecular weight excluding hydrogens is 256 g/mol. The average molecular weight is 280 g/mol. The van der Waals surface area contributed by atoms with Gasteiger partial charge < -0.3 is 16.2 Å². The second-order valence-electron chi connectivity index (χ2n) is 4.66. The molecule has 0 saturated carbocycles. The Morgan fingerprint density at radius 1 is 1.25 bits per heavy atom. The number of aryl methyl sites for hydroxylation is 1. The molecule has 112 valence electrons. The van der Waals surface area contributed by atoms with Gasteiger partial charge in [-0.05, 0) is 37.1 Å². The van der Waals surface area contributed by atoms with Gasteiger partial charge in [0.2, 0.25) is 0 Å². The first-order valence-corrected chi connectivity index (χ1v) is 6.66. The molecule has 0 heterocycles. The normalized spacial score (nSPS) is 9.65. The van der Waals surface area contributed by atoms with Crippen molar-refractivity contribution in [1.29, 1.82) is 0 Å². The van der Waals surface area contributed by atoms with Crippen LogP contribution in [0, 0.1) is 5.92 Å². The molecule has 0 atom stereocenters. The molecular formula is C15H24N2O3. The van der Waals surface area contributed by atoms with Crippen molar-refractivity contribution in [2.75, 3.05) is 13.6 Å². The van der Waals surface area contributed by atoms with E-state index in [4.69, 9.17) is 10.8 Å². The minimum Gasteiger partial charge on any atom is -0.481 e. The molecule has 0 fully saturated rings. The Hall–Kier alpha value is -1.88. The number of hydrogen-bond acceptors (Lipinski definition) is 3. The third-order valence-corrected chi connectivity index (χ3v) is 2.61. The van der Waals surface area contributed by atoms with Gasteiger partial charge in [-0.15, -0.1) is 0 Å². The van der Waals surface area contributed by atoms with Gasteiger partial charge in [-0.1, -0.05) is 26.0 Å². The van der Waals surface area contributed by atoms with E-state index in [9.17, 15) is 9.59 Å². The van der Waals surface area contributed by atoms with Gasteiger partial charge in [0.1, 0.15) is 0 Å². The number of hydrogen-bond donors (Lipinski definition) is 3. The van der Waals surface area contributed by atoms with Crippen LogP contribution in [0.2, 0.25) is 0 Å². The molecule has 0 spiro atoms. The third-order valence-electron chi connectivity index (χ3n) is 2.61. The van der Waals surface area contributed by atoms with E-state index < -0.39 is 5.97 Å². The summed E-state index contributed by atoms with van der Waals surface area (Å²) in [4.78, 5) is 20.9. The van der Waals surface area contributed by atoms with Gasteiger partial charge in [0.15, 0.2) is 0 Å². The molecule has 20 heavy (non-hydrogen) atoms. The van der Waals surface area contributed by atoms with E-state index in [1.807, 2.05) is 24.3 Å². The molecule has 0 unspecified atom stereocenters. The number of carboxylic acids is 1. The van der Waals surface area contributed by atoms with Gasteiger partial charge in [0.05, 0.1) is 5.92 Å². The van der Waals surface area contributed by atoms with E-state index >= 15 is 0 Å².